The number of fused-ring (bicyclic) bond motifs is 2. The summed E-state index contributed by atoms with van der Waals surface area (Å²) in [5, 5.41) is 2.99. The number of hydrogen-bond acceptors (Lipinski definition) is 4. The fourth-order valence-corrected chi connectivity index (χ4v) is 4.81. The molecule has 2 N–H and O–H groups in total. The van der Waals surface area contributed by atoms with Crippen LogP contribution < -0.4 is 10.9 Å². The van der Waals surface area contributed by atoms with E-state index in [9.17, 15) is 9.59 Å². The summed E-state index contributed by atoms with van der Waals surface area (Å²) < 4.78 is 0. The topological polar surface area (TPSA) is 87.7 Å². The molecule has 2 aliphatic rings. The fourth-order valence-electron chi connectivity index (χ4n) is 4.81. The normalized spacial score (nSPS) is 23.5. The lowest BCUT2D eigenvalue weighted by Gasteiger charge is -2.21. The van der Waals surface area contributed by atoms with Crippen molar-refractivity contribution in [2.75, 3.05) is 6.54 Å². The van der Waals surface area contributed by atoms with Crippen LogP contribution in [0.1, 0.15) is 43.4 Å². The number of aromatic amines is 1. The molecule has 2 fully saturated rings. The van der Waals surface area contributed by atoms with Crippen LogP contribution in [0.5, 0.6) is 0 Å². The summed E-state index contributed by atoms with van der Waals surface area (Å²) in [4.78, 5) is 36.0. The molecule has 0 saturated heterocycles. The Balaban J connectivity index is 1.34. The average molecular weight is 366 g/mol. The molecule has 2 aliphatic carbocycles. The summed E-state index contributed by atoms with van der Waals surface area (Å²) in [6, 6.07) is 3.63. The van der Waals surface area contributed by atoms with Gasteiger partial charge in [-0.2, -0.15) is 0 Å². The van der Waals surface area contributed by atoms with Crippen molar-refractivity contribution in [1.29, 1.82) is 0 Å². The second kappa shape index (κ2) is 7.62. The summed E-state index contributed by atoms with van der Waals surface area (Å²) in [5.74, 6) is 2.95. The van der Waals surface area contributed by atoms with Gasteiger partial charge < -0.3 is 10.3 Å². The molecule has 2 saturated carbocycles. The zero-order chi connectivity index (χ0) is 18.8. The van der Waals surface area contributed by atoms with Crippen LogP contribution in [0.2, 0.25) is 0 Å². The number of hydrogen-bond donors (Lipinski definition) is 2. The summed E-state index contributed by atoms with van der Waals surface area (Å²) >= 11 is 0. The highest BCUT2D eigenvalue weighted by Crippen LogP contribution is 2.49. The largest absolute Gasteiger partial charge is 0.356 e. The van der Waals surface area contributed by atoms with E-state index in [-0.39, 0.29) is 17.9 Å². The Morgan fingerprint density at radius 2 is 2.22 bits per heavy atom. The maximum atomic E-state index is 12.4. The first-order chi connectivity index (χ1) is 13.1. The number of carbonyl (C=O) groups is 1. The number of aromatic nitrogens is 3. The Kier molecular flexibility index (Phi) is 5.05. The van der Waals surface area contributed by atoms with E-state index in [1.807, 2.05) is 6.07 Å². The summed E-state index contributed by atoms with van der Waals surface area (Å²) in [6.45, 7) is 2.47. The molecular formula is C21H26N4O2. The molecule has 2 heterocycles. The first kappa shape index (κ1) is 17.9. The quantitative estimate of drug-likeness (QED) is 0.823. The minimum absolute atomic E-state index is 0.0677. The molecule has 142 valence electrons. The van der Waals surface area contributed by atoms with E-state index in [2.05, 4.69) is 20.3 Å². The number of carbonyl (C=O) groups excluding carboxylic acids is 1. The van der Waals surface area contributed by atoms with Crippen molar-refractivity contribution in [1.82, 2.24) is 20.3 Å². The van der Waals surface area contributed by atoms with Gasteiger partial charge in [0.2, 0.25) is 5.91 Å². The minimum atomic E-state index is -0.260. The first-order valence-electron chi connectivity index (χ1n) is 9.87. The monoisotopic (exact) mass is 366 g/mol. The lowest BCUT2D eigenvalue weighted by molar-refractivity contribution is -0.120. The SMILES string of the molecule is Cc1nc(-c2cccnc2)[nH]c(=O)c1CC(=O)NCCC1CC2CCC1C2. The smallest absolute Gasteiger partial charge is 0.255 e. The van der Waals surface area contributed by atoms with Crippen LogP contribution in [0.25, 0.3) is 11.4 Å². The average Bonchev–Trinajstić information content (AvgIpc) is 3.28. The van der Waals surface area contributed by atoms with Crippen LogP contribution in [0.4, 0.5) is 0 Å². The highest BCUT2D eigenvalue weighted by molar-refractivity contribution is 5.78. The van der Waals surface area contributed by atoms with Gasteiger partial charge in [-0.05, 0) is 62.5 Å². The van der Waals surface area contributed by atoms with E-state index in [0.717, 1.165) is 29.7 Å². The number of rotatable bonds is 6. The van der Waals surface area contributed by atoms with E-state index in [1.165, 1.54) is 25.7 Å². The van der Waals surface area contributed by atoms with Gasteiger partial charge in [-0.3, -0.25) is 14.6 Å². The summed E-state index contributed by atoms with van der Waals surface area (Å²) in [5.41, 5.74) is 1.50. The molecule has 2 aromatic rings. The number of pyridine rings is 1. The zero-order valence-corrected chi connectivity index (χ0v) is 15.7. The van der Waals surface area contributed by atoms with Gasteiger partial charge in [0.15, 0.2) is 0 Å². The maximum absolute atomic E-state index is 12.4. The number of amides is 1. The highest BCUT2D eigenvalue weighted by Gasteiger charge is 2.38. The molecule has 0 radical (unpaired) electrons. The fraction of sp³-hybridized carbons (Fsp3) is 0.524. The van der Waals surface area contributed by atoms with Gasteiger partial charge in [0.25, 0.3) is 5.56 Å². The molecule has 6 nitrogen and oxygen atoms in total. The van der Waals surface area contributed by atoms with Gasteiger partial charge in [-0.1, -0.05) is 6.42 Å². The van der Waals surface area contributed by atoms with Crippen molar-refractivity contribution in [2.45, 2.75) is 45.4 Å². The second-order valence-electron chi connectivity index (χ2n) is 7.97. The molecule has 2 aromatic heterocycles. The van der Waals surface area contributed by atoms with Gasteiger partial charge in [0, 0.05) is 35.8 Å². The molecule has 6 heteroatoms. The molecule has 4 rings (SSSR count). The van der Waals surface area contributed by atoms with Gasteiger partial charge >= 0.3 is 0 Å². The maximum Gasteiger partial charge on any atom is 0.255 e. The zero-order valence-electron chi connectivity index (χ0n) is 15.7. The van der Waals surface area contributed by atoms with Crippen molar-refractivity contribution >= 4 is 5.91 Å². The predicted octanol–water partition coefficient (Wildman–Crippen LogP) is 2.63. The first-order valence-corrected chi connectivity index (χ1v) is 9.87. The van der Waals surface area contributed by atoms with Crippen LogP contribution >= 0.6 is 0 Å². The summed E-state index contributed by atoms with van der Waals surface area (Å²) in [6.07, 6.45) is 9.94. The molecule has 0 spiro atoms. The minimum Gasteiger partial charge on any atom is -0.356 e. The molecule has 1 amide bonds. The Labute approximate surface area is 158 Å². The van der Waals surface area contributed by atoms with Crippen LogP contribution in [0.3, 0.4) is 0 Å². The summed E-state index contributed by atoms with van der Waals surface area (Å²) in [7, 11) is 0. The van der Waals surface area contributed by atoms with Gasteiger partial charge in [0.1, 0.15) is 5.82 Å². The molecular weight excluding hydrogens is 340 g/mol. The molecule has 27 heavy (non-hydrogen) atoms. The Bertz CT molecular complexity index is 877. The second-order valence-corrected chi connectivity index (χ2v) is 7.97. The van der Waals surface area contributed by atoms with Crippen LogP contribution in [0, 0.1) is 24.7 Å². The number of nitrogens with zero attached hydrogens (tertiary/aromatic N) is 2. The van der Waals surface area contributed by atoms with E-state index in [0.29, 0.717) is 23.6 Å². The van der Waals surface area contributed by atoms with Gasteiger partial charge in [0.05, 0.1) is 6.42 Å². The van der Waals surface area contributed by atoms with Crippen molar-refractivity contribution in [3.05, 3.63) is 46.1 Å². The van der Waals surface area contributed by atoms with Crippen molar-refractivity contribution in [2.24, 2.45) is 17.8 Å². The third-order valence-corrected chi connectivity index (χ3v) is 6.22. The van der Waals surface area contributed by atoms with Crippen LogP contribution in [-0.4, -0.2) is 27.4 Å². The number of aryl methyl sites for hydroxylation is 1. The van der Waals surface area contributed by atoms with E-state index >= 15 is 0 Å². The highest BCUT2D eigenvalue weighted by atomic mass is 16.2. The Hall–Kier alpha value is -2.50. The van der Waals surface area contributed by atoms with Crippen molar-refractivity contribution in [3.63, 3.8) is 0 Å². The van der Waals surface area contributed by atoms with Crippen LogP contribution in [-0.2, 0) is 11.2 Å². The van der Waals surface area contributed by atoms with E-state index < -0.39 is 0 Å². The Morgan fingerprint density at radius 1 is 1.33 bits per heavy atom. The predicted molar refractivity (Wildman–Crippen MR) is 103 cm³/mol. The lowest BCUT2D eigenvalue weighted by atomic mass is 9.86. The molecule has 0 aromatic carbocycles. The van der Waals surface area contributed by atoms with Crippen molar-refractivity contribution in [3.8, 4) is 11.4 Å². The van der Waals surface area contributed by atoms with Crippen LogP contribution in [0.15, 0.2) is 29.3 Å². The standard InChI is InChI=1S/C21H26N4O2/c1-13-18(21(27)25-20(24-13)17-3-2-7-22-12-17)11-19(26)23-8-6-16-10-14-4-5-15(16)9-14/h2-3,7,12,14-16H,4-6,8-11H2,1H3,(H,23,26)(H,24,25,27). The van der Waals surface area contributed by atoms with Gasteiger partial charge in [-0.25, -0.2) is 4.98 Å². The molecule has 3 atom stereocenters. The molecule has 0 aliphatic heterocycles. The molecule has 3 unspecified atom stereocenters. The van der Waals surface area contributed by atoms with Crippen molar-refractivity contribution < 1.29 is 4.79 Å². The number of nitrogens with one attached hydrogen (secondary N) is 2. The van der Waals surface area contributed by atoms with E-state index in [1.54, 1.807) is 25.4 Å². The van der Waals surface area contributed by atoms with Gasteiger partial charge in [-0.15, -0.1) is 0 Å². The lowest BCUT2D eigenvalue weighted by Crippen LogP contribution is -2.31. The third kappa shape index (κ3) is 3.94. The Morgan fingerprint density at radius 3 is 2.89 bits per heavy atom. The number of H-pyrrole nitrogens is 1. The van der Waals surface area contributed by atoms with E-state index in [4.69, 9.17) is 0 Å². The third-order valence-electron chi connectivity index (χ3n) is 6.22. The molecule has 2 bridgehead atoms.